The molecule has 0 saturated carbocycles. The van der Waals surface area contributed by atoms with Gasteiger partial charge in [-0.15, -0.1) is 0 Å². The van der Waals surface area contributed by atoms with Gasteiger partial charge in [-0.05, 0) is 55.2 Å². The lowest BCUT2D eigenvalue weighted by atomic mass is 9.72. The lowest BCUT2D eigenvalue weighted by Gasteiger charge is -2.38. The maximum atomic E-state index is 13.6. The number of benzene rings is 1. The van der Waals surface area contributed by atoms with E-state index in [4.69, 9.17) is 4.74 Å². The van der Waals surface area contributed by atoms with Crippen molar-refractivity contribution in [3.8, 4) is 0 Å². The Kier molecular flexibility index (Phi) is 5.81. The fourth-order valence-corrected chi connectivity index (χ4v) is 6.43. The maximum absolute atomic E-state index is 13.6. The van der Waals surface area contributed by atoms with Crippen molar-refractivity contribution in [3.05, 3.63) is 30.1 Å². The average molecular weight is 426 g/mol. The number of ether oxygens (including phenoxy) is 1. The van der Waals surface area contributed by atoms with E-state index >= 15 is 0 Å². The number of sulfonamides is 1. The number of likely N-dealkylation sites (tertiary alicyclic amines) is 1. The molecule has 3 fully saturated rings. The molecule has 1 aromatic carbocycles. The van der Waals surface area contributed by atoms with Crippen molar-refractivity contribution in [2.24, 2.45) is 11.3 Å². The highest BCUT2D eigenvalue weighted by atomic mass is 32.2. The summed E-state index contributed by atoms with van der Waals surface area (Å²) in [5, 5.41) is 3.02. The van der Waals surface area contributed by atoms with E-state index in [1.165, 1.54) is 22.5 Å². The summed E-state index contributed by atoms with van der Waals surface area (Å²) < 4.78 is 46.9. The van der Waals surface area contributed by atoms with Crippen molar-refractivity contribution in [3.63, 3.8) is 0 Å². The van der Waals surface area contributed by atoms with Crippen molar-refractivity contribution in [2.75, 3.05) is 45.9 Å². The Hall–Kier alpha value is -1.71. The van der Waals surface area contributed by atoms with Crippen LogP contribution in [0.4, 0.5) is 9.18 Å². The van der Waals surface area contributed by atoms with Crippen LogP contribution in [0, 0.1) is 17.2 Å². The number of hydrogen-bond donors (Lipinski definition) is 1. The van der Waals surface area contributed by atoms with Crippen LogP contribution in [0.3, 0.4) is 0 Å². The molecule has 3 saturated heterocycles. The van der Waals surface area contributed by atoms with Crippen LogP contribution in [-0.4, -0.2) is 69.6 Å². The first-order valence-electron chi connectivity index (χ1n) is 10.3. The van der Waals surface area contributed by atoms with E-state index in [2.05, 4.69) is 5.32 Å². The van der Waals surface area contributed by atoms with Crippen molar-refractivity contribution in [1.29, 1.82) is 0 Å². The van der Waals surface area contributed by atoms with E-state index in [9.17, 15) is 17.6 Å². The molecule has 3 aliphatic rings. The van der Waals surface area contributed by atoms with Gasteiger partial charge in [-0.1, -0.05) is 6.07 Å². The Balaban J connectivity index is 1.51. The zero-order valence-electron chi connectivity index (χ0n) is 16.5. The molecule has 9 heteroatoms. The molecular weight excluding hydrogens is 397 g/mol. The summed E-state index contributed by atoms with van der Waals surface area (Å²) in [6.45, 7) is 3.85. The molecule has 7 nitrogen and oxygen atoms in total. The lowest BCUT2D eigenvalue weighted by molar-refractivity contribution is 0.00176. The summed E-state index contributed by atoms with van der Waals surface area (Å²) in [5.74, 6) is -0.568. The Morgan fingerprint density at radius 3 is 2.66 bits per heavy atom. The highest BCUT2D eigenvalue weighted by Gasteiger charge is 2.50. The van der Waals surface area contributed by atoms with Gasteiger partial charge in [-0.3, -0.25) is 0 Å². The molecule has 1 spiro atoms. The van der Waals surface area contributed by atoms with Gasteiger partial charge >= 0.3 is 6.03 Å². The van der Waals surface area contributed by atoms with Crippen molar-refractivity contribution < 1.29 is 22.3 Å². The van der Waals surface area contributed by atoms with Crippen LogP contribution in [0.25, 0.3) is 0 Å². The van der Waals surface area contributed by atoms with E-state index in [0.717, 1.165) is 44.8 Å². The molecule has 1 aromatic rings. The van der Waals surface area contributed by atoms with E-state index in [-0.39, 0.29) is 22.3 Å². The van der Waals surface area contributed by atoms with Gasteiger partial charge < -0.3 is 15.0 Å². The standard InChI is InChI=1S/C20H28FN3O4S/c21-17-4-3-5-18(12-17)29(26,27)24-14-16(20(15-24)6-10-28-11-7-20)13-22-19(25)23-8-1-2-9-23/h3-5,12,16H,1-2,6-11,13-15H2,(H,22,25). The molecular formula is C20H28FN3O4S. The monoisotopic (exact) mass is 425 g/mol. The van der Waals surface area contributed by atoms with Crippen LogP contribution >= 0.6 is 0 Å². The first kappa shape index (κ1) is 20.6. The highest BCUT2D eigenvalue weighted by molar-refractivity contribution is 7.89. The van der Waals surface area contributed by atoms with Gasteiger partial charge in [0.2, 0.25) is 10.0 Å². The van der Waals surface area contributed by atoms with Crippen LogP contribution in [0.15, 0.2) is 29.2 Å². The van der Waals surface area contributed by atoms with Gasteiger partial charge in [0.1, 0.15) is 5.82 Å². The molecule has 0 bridgehead atoms. The molecule has 3 aliphatic heterocycles. The van der Waals surface area contributed by atoms with Crippen LogP contribution in [0.5, 0.6) is 0 Å². The number of nitrogens with one attached hydrogen (secondary N) is 1. The second kappa shape index (κ2) is 8.20. The van der Waals surface area contributed by atoms with Crippen molar-refractivity contribution >= 4 is 16.1 Å². The van der Waals surface area contributed by atoms with E-state index in [1.54, 1.807) is 0 Å². The second-order valence-electron chi connectivity index (χ2n) is 8.31. The van der Waals surface area contributed by atoms with E-state index in [1.807, 2.05) is 4.90 Å². The number of carbonyl (C=O) groups excluding carboxylic acids is 1. The molecule has 160 valence electrons. The summed E-state index contributed by atoms with van der Waals surface area (Å²) in [4.78, 5) is 14.2. The third-order valence-corrected chi connectivity index (χ3v) is 8.40. The molecule has 29 heavy (non-hydrogen) atoms. The number of urea groups is 1. The molecule has 0 aliphatic carbocycles. The third-order valence-electron chi connectivity index (χ3n) is 6.60. The third kappa shape index (κ3) is 4.13. The van der Waals surface area contributed by atoms with Crippen molar-refractivity contribution in [2.45, 2.75) is 30.6 Å². The van der Waals surface area contributed by atoms with Crippen molar-refractivity contribution in [1.82, 2.24) is 14.5 Å². The minimum atomic E-state index is -3.79. The van der Waals surface area contributed by atoms with E-state index in [0.29, 0.717) is 32.8 Å². The van der Waals surface area contributed by atoms with Gasteiger partial charge in [-0.2, -0.15) is 4.31 Å². The number of amides is 2. The summed E-state index contributed by atoms with van der Waals surface area (Å²) in [5.41, 5.74) is -0.225. The molecule has 1 unspecified atom stereocenters. The zero-order chi connectivity index (χ0) is 20.5. The van der Waals surface area contributed by atoms with Crippen LogP contribution < -0.4 is 5.32 Å². The van der Waals surface area contributed by atoms with Crippen LogP contribution in [0.1, 0.15) is 25.7 Å². The number of rotatable bonds is 4. The predicted molar refractivity (Wildman–Crippen MR) is 105 cm³/mol. The highest BCUT2D eigenvalue weighted by Crippen LogP contribution is 2.45. The molecule has 3 heterocycles. The van der Waals surface area contributed by atoms with Crippen LogP contribution in [-0.2, 0) is 14.8 Å². The molecule has 4 rings (SSSR count). The SMILES string of the molecule is O=C(NCC1CN(S(=O)(=O)c2cccc(F)c2)CC12CCOCC2)N1CCCC1. The van der Waals surface area contributed by atoms with Crippen LogP contribution in [0.2, 0.25) is 0 Å². The fourth-order valence-electron chi connectivity index (χ4n) is 4.81. The number of hydrogen-bond acceptors (Lipinski definition) is 4. The summed E-state index contributed by atoms with van der Waals surface area (Å²) in [6.07, 6.45) is 3.56. The van der Waals surface area contributed by atoms with E-state index < -0.39 is 15.8 Å². The quantitative estimate of drug-likeness (QED) is 0.801. The minimum Gasteiger partial charge on any atom is -0.381 e. The summed E-state index contributed by atoms with van der Waals surface area (Å²) in [7, 11) is -3.79. The predicted octanol–water partition coefficient (Wildman–Crippen LogP) is 2.05. The van der Waals surface area contributed by atoms with Gasteiger partial charge in [0.25, 0.3) is 0 Å². The Bertz CT molecular complexity index is 851. The summed E-state index contributed by atoms with van der Waals surface area (Å²) >= 11 is 0. The van der Waals surface area contributed by atoms with Gasteiger partial charge in [0.15, 0.2) is 0 Å². The Morgan fingerprint density at radius 1 is 1.24 bits per heavy atom. The molecule has 1 atom stereocenters. The smallest absolute Gasteiger partial charge is 0.317 e. The van der Waals surface area contributed by atoms with Gasteiger partial charge in [0, 0.05) is 45.9 Å². The average Bonchev–Trinajstić information content (AvgIpc) is 3.36. The largest absolute Gasteiger partial charge is 0.381 e. The normalized spacial score (nSPS) is 24.9. The number of carbonyl (C=O) groups is 1. The topological polar surface area (TPSA) is 79.0 Å². The first-order valence-corrected chi connectivity index (χ1v) is 11.7. The minimum absolute atomic E-state index is 0.00119. The Labute approximate surface area is 171 Å². The number of halogens is 1. The molecule has 0 aromatic heterocycles. The maximum Gasteiger partial charge on any atom is 0.317 e. The summed E-state index contributed by atoms with van der Waals surface area (Å²) in [6, 6.07) is 5.07. The molecule has 0 radical (unpaired) electrons. The first-order chi connectivity index (χ1) is 13.9. The number of nitrogens with zero attached hydrogens (tertiary/aromatic N) is 2. The Morgan fingerprint density at radius 2 is 1.97 bits per heavy atom. The molecule has 2 amide bonds. The second-order valence-corrected chi connectivity index (χ2v) is 10.2. The zero-order valence-corrected chi connectivity index (χ0v) is 17.3. The van der Waals surface area contributed by atoms with Gasteiger partial charge in [-0.25, -0.2) is 17.6 Å². The molecule has 1 N–H and O–H groups in total. The van der Waals surface area contributed by atoms with Gasteiger partial charge in [0.05, 0.1) is 4.90 Å². The lowest BCUT2D eigenvalue weighted by Crippen LogP contribution is -2.45. The fraction of sp³-hybridized carbons (Fsp3) is 0.650.